The number of aromatic nitrogens is 4. The van der Waals surface area contributed by atoms with Crippen molar-refractivity contribution >= 4 is 17.7 Å². The summed E-state index contributed by atoms with van der Waals surface area (Å²) in [6, 6.07) is 2.97. The number of fused-ring (bicyclic) bond motifs is 3. The van der Waals surface area contributed by atoms with Crippen LogP contribution in [-0.2, 0) is 4.74 Å². The first-order valence-corrected chi connectivity index (χ1v) is 9.94. The first kappa shape index (κ1) is 16.4. The second-order valence-corrected chi connectivity index (χ2v) is 8.46. The van der Waals surface area contributed by atoms with Crippen LogP contribution >= 0.6 is 0 Å². The second kappa shape index (κ2) is 5.99. The van der Waals surface area contributed by atoms with Crippen LogP contribution in [0.3, 0.4) is 0 Å². The van der Waals surface area contributed by atoms with E-state index in [9.17, 15) is 0 Å². The maximum Gasteiger partial charge on any atom is 0.228 e. The third-order valence-corrected chi connectivity index (χ3v) is 6.50. The van der Waals surface area contributed by atoms with Gasteiger partial charge in [0.25, 0.3) is 0 Å². The number of hydrogen-bond donors (Lipinski definition) is 1. The number of hydrogen-bond acceptors (Lipinski definition) is 9. The number of piperidine rings is 1. The SMILES string of the molecule is CN1C[C@H]2C[C@@H](C1)N(c1nc(-c3cnc(N)nc3)cc(N3C[C@H]4OCC43)n1)C2. The fourth-order valence-electron chi connectivity index (χ4n) is 4.99. The van der Waals surface area contributed by atoms with E-state index in [0.717, 1.165) is 55.8 Å². The molecule has 1 unspecified atom stereocenters. The highest BCUT2D eigenvalue weighted by molar-refractivity contribution is 5.65. The van der Waals surface area contributed by atoms with Crippen LogP contribution in [0.1, 0.15) is 6.42 Å². The van der Waals surface area contributed by atoms with E-state index in [1.165, 1.54) is 6.42 Å². The number of nitrogens with two attached hydrogens (primary N) is 1. The van der Waals surface area contributed by atoms with E-state index in [1.807, 2.05) is 6.07 Å². The zero-order chi connectivity index (χ0) is 18.8. The third kappa shape index (κ3) is 2.53. The predicted molar refractivity (Wildman–Crippen MR) is 105 cm³/mol. The van der Waals surface area contributed by atoms with Gasteiger partial charge in [-0.25, -0.2) is 15.0 Å². The minimum Gasteiger partial charge on any atom is -0.372 e. The zero-order valence-electron chi connectivity index (χ0n) is 15.9. The molecular weight excluding hydrogens is 356 g/mol. The Morgan fingerprint density at radius 2 is 1.93 bits per heavy atom. The van der Waals surface area contributed by atoms with E-state index >= 15 is 0 Å². The van der Waals surface area contributed by atoms with Gasteiger partial charge in [0.1, 0.15) is 5.82 Å². The molecule has 0 radical (unpaired) electrons. The molecule has 4 saturated heterocycles. The normalized spacial score (nSPS) is 31.3. The standard InChI is InChI=1S/C19H24N8O/c1-25-6-11-2-13(8-25)26(7-11)19-23-14(12-4-21-18(20)22-5-12)3-17(24-19)27-9-16-15(27)10-28-16/h3-5,11,13,15-16H,2,6-10H2,1H3,(H2,20,21,22)/t11-,13+,15?,16-/m1/s1. The molecule has 0 aromatic carbocycles. The minimum absolute atomic E-state index is 0.270. The van der Waals surface area contributed by atoms with Crippen LogP contribution in [0.5, 0.6) is 0 Å². The summed E-state index contributed by atoms with van der Waals surface area (Å²) < 4.78 is 5.57. The van der Waals surface area contributed by atoms with Crippen LogP contribution < -0.4 is 15.5 Å². The van der Waals surface area contributed by atoms with Crippen LogP contribution in [0.4, 0.5) is 17.7 Å². The Labute approximate surface area is 163 Å². The first-order valence-electron chi connectivity index (χ1n) is 9.94. The largest absolute Gasteiger partial charge is 0.372 e. The quantitative estimate of drug-likeness (QED) is 0.803. The average molecular weight is 380 g/mol. The number of nitrogen functional groups attached to an aromatic ring is 1. The highest BCUT2D eigenvalue weighted by atomic mass is 16.5. The molecular formula is C19H24N8O. The van der Waals surface area contributed by atoms with Gasteiger partial charge in [-0.15, -0.1) is 0 Å². The van der Waals surface area contributed by atoms with Gasteiger partial charge in [-0.1, -0.05) is 0 Å². The van der Waals surface area contributed by atoms with Gasteiger partial charge in [0.05, 0.1) is 24.4 Å². The van der Waals surface area contributed by atoms with Crippen LogP contribution in [0.2, 0.25) is 0 Å². The lowest BCUT2D eigenvalue weighted by molar-refractivity contribution is -0.113. The van der Waals surface area contributed by atoms with Gasteiger partial charge in [0.15, 0.2) is 0 Å². The lowest BCUT2D eigenvalue weighted by atomic mass is 9.95. The van der Waals surface area contributed by atoms with Crippen molar-refractivity contribution in [1.29, 1.82) is 0 Å². The molecule has 146 valence electrons. The lowest BCUT2D eigenvalue weighted by Gasteiger charge is -2.55. The van der Waals surface area contributed by atoms with Gasteiger partial charge >= 0.3 is 0 Å². The van der Waals surface area contributed by atoms with Crippen molar-refractivity contribution < 1.29 is 4.74 Å². The number of ether oxygens (including phenoxy) is 1. The summed E-state index contributed by atoms with van der Waals surface area (Å²) in [5.74, 6) is 2.74. The number of morpholine rings is 1. The summed E-state index contributed by atoms with van der Waals surface area (Å²) in [5, 5.41) is 0. The first-order chi connectivity index (χ1) is 13.6. The molecule has 0 aliphatic carbocycles. The molecule has 6 heterocycles. The average Bonchev–Trinajstić information content (AvgIpc) is 2.98. The molecule has 4 atom stereocenters. The van der Waals surface area contributed by atoms with E-state index in [2.05, 4.69) is 31.7 Å². The Kier molecular flexibility index (Phi) is 3.51. The van der Waals surface area contributed by atoms with Gasteiger partial charge in [-0.3, -0.25) is 0 Å². The molecule has 2 aromatic heterocycles. The third-order valence-electron chi connectivity index (χ3n) is 6.50. The Hall–Kier alpha value is -2.52. The van der Waals surface area contributed by atoms with Gasteiger partial charge in [-0.05, 0) is 19.4 Å². The van der Waals surface area contributed by atoms with Crippen molar-refractivity contribution in [1.82, 2.24) is 24.8 Å². The van der Waals surface area contributed by atoms with Gasteiger partial charge < -0.3 is 25.2 Å². The van der Waals surface area contributed by atoms with Crippen LogP contribution in [0.15, 0.2) is 18.5 Å². The van der Waals surface area contributed by atoms with Crippen molar-refractivity contribution in [2.24, 2.45) is 5.92 Å². The van der Waals surface area contributed by atoms with Crippen LogP contribution in [0.25, 0.3) is 11.3 Å². The Morgan fingerprint density at radius 1 is 1.07 bits per heavy atom. The van der Waals surface area contributed by atoms with Crippen molar-refractivity contribution in [2.75, 3.05) is 55.4 Å². The maximum absolute atomic E-state index is 5.67. The highest BCUT2D eigenvalue weighted by Gasteiger charge is 2.48. The summed E-state index contributed by atoms with van der Waals surface area (Å²) in [6.07, 6.45) is 5.06. The Morgan fingerprint density at radius 3 is 2.64 bits per heavy atom. The van der Waals surface area contributed by atoms with Gasteiger partial charge in [0.2, 0.25) is 11.9 Å². The van der Waals surface area contributed by atoms with Crippen LogP contribution in [0, 0.1) is 5.92 Å². The second-order valence-electron chi connectivity index (χ2n) is 8.46. The summed E-state index contributed by atoms with van der Waals surface area (Å²) in [6.45, 7) is 4.91. The topological polar surface area (TPSA) is 96.5 Å². The summed E-state index contributed by atoms with van der Waals surface area (Å²) in [7, 11) is 2.20. The fourth-order valence-corrected chi connectivity index (χ4v) is 4.99. The minimum atomic E-state index is 0.270. The summed E-state index contributed by atoms with van der Waals surface area (Å²) in [4.78, 5) is 25.3. The number of likely N-dealkylation sites (N-methyl/N-ethyl adjacent to an activating group) is 1. The zero-order valence-corrected chi connectivity index (χ0v) is 15.9. The van der Waals surface area contributed by atoms with E-state index in [1.54, 1.807) is 12.4 Å². The maximum atomic E-state index is 5.67. The van der Waals surface area contributed by atoms with E-state index in [-0.39, 0.29) is 5.95 Å². The smallest absolute Gasteiger partial charge is 0.228 e. The molecule has 2 aromatic rings. The van der Waals surface area contributed by atoms with E-state index in [0.29, 0.717) is 24.1 Å². The van der Waals surface area contributed by atoms with Crippen molar-refractivity contribution in [3.05, 3.63) is 18.5 Å². The number of anilines is 3. The molecule has 0 spiro atoms. The summed E-state index contributed by atoms with van der Waals surface area (Å²) in [5.41, 5.74) is 7.37. The molecule has 28 heavy (non-hydrogen) atoms. The molecule has 0 amide bonds. The lowest BCUT2D eigenvalue weighted by Crippen LogP contribution is -2.71. The van der Waals surface area contributed by atoms with Gasteiger partial charge in [-0.2, -0.15) is 4.98 Å². The number of likely N-dealkylation sites (tertiary alicyclic amines) is 1. The highest BCUT2D eigenvalue weighted by Crippen LogP contribution is 2.38. The van der Waals surface area contributed by atoms with Crippen LogP contribution in [-0.4, -0.2) is 82.9 Å². The molecule has 2 N–H and O–H groups in total. The van der Waals surface area contributed by atoms with Crippen molar-refractivity contribution in [3.8, 4) is 11.3 Å². The molecule has 2 bridgehead atoms. The van der Waals surface area contributed by atoms with E-state index < -0.39 is 0 Å². The predicted octanol–water partition coefficient (Wildman–Crippen LogP) is 0.244. The monoisotopic (exact) mass is 380 g/mol. The molecule has 6 rings (SSSR count). The fraction of sp³-hybridized carbons (Fsp3) is 0.579. The number of rotatable bonds is 3. The van der Waals surface area contributed by atoms with Crippen molar-refractivity contribution in [3.63, 3.8) is 0 Å². The Balaban J connectivity index is 1.40. The van der Waals surface area contributed by atoms with Gasteiger partial charge in [0, 0.05) is 56.2 Å². The molecule has 4 aliphatic heterocycles. The molecule has 4 aliphatic rings. The Bertz CT molecular complexity index is 905. The molecule has 9 heteroatoms. The summed E-state index contributed by atoms with van der Waals surface area (Å²) >= 11 is 0. The van der Waals surface area contributed by atoms with Crippen molar-refractivity contribution in [2.45, 2.75) is 24.6 Å². The molecule has 0 saturated carbocycles. The molecule has 4 fully saturated rings. The molecule has 9 nitrogen and oxygen atoms in total. The number of nitrogens with zero attached hydrogens (tertiary/aromatic N) is 7. The van der Waals surface area contributed by atoms with E-state index in [4.69, 9.17) is 20.4 Å².